The number of carbonyl (C=O) groups is 1. The van der Waals surface area contributed by atoms with Gasteiger partial charge in [-0.2, -0.15) is 4.80 Å². The standard InChI is InChI=1S/C21H25N5O/c1-5-15(3)18-8-6-7-9-19(18)22-21(27)16(4)26-24-20(23-25-26)17-12-10-14(2)11-13-17/h6-13,15-16H,5H2,1-4H3,(H,22,27)/t15-,16+/m1/s1. The first kappa shape index (κ1) is 18.8. The third-order valence-electron chi connectivity index (χ3n) is 4.83. The minimum Gasteiger partial charge on any atom is -0.324 e. The molecular formula is C21H25N5O. The van der Waals surface area contributed by atoms with E-state index in [0.717, 1.165) is 23.2 Å². The predicted molar refractivity (Wildman–Crippen MR) is 106 cm³/mol. The van der Waals surface area contributed by atoms with Crippen molar-refractivity contribution < 1.29 is 4.79 Å². The van der Waals surface area contributed by atoms with Crippen LogP contribution in [0.15, 0.2) is 48.5 Å². The van der Waals surface area contributed by atoms with Gasteiger partial charge in [0, 0.05) is 11.3 Å². The van der Waals surface area contributed by atoms with Gasteiger partial charge < -0.3 is 5.32 Å². The molecule has 2 atom stereocenters. The van der Waals surface area contributed by atoms with Gasteiger partial charge in [0.1, 0.15) is 6.04 Å². The van der Waals surface area contributed by atoms with Gasteiger partial charge >= 0.3 is 0 Å². The number of amides is 1. The maximum absolute atomic E-state index is 12.7. The molecule has 1 amide bonds. The van der Waals surface area contributed by atoms with Crippen molar-refractivity contribution in [3.63, 3.8) is 0 Å². The molecule has 0 saturated carbocycles. The molecule has 3 rings (SSSR count). The summed E-state index contributed by atoms with van der Waals surface area (Å²) in [5.74, 6) is 0.711. The average molecular weight is 363 g/mol. The molecule has 0 saturated heterocycles. The third kappa shape index (κ3) is 4.22. The molecular weight excluding hydrogens is 338 g/mol. The second-order valence-electron chi connectivity index (χ2n) is 6.86. The predicted octanol–water partition coefficient (Wildman–Crippen LogP) is 4.36. The molecule has 0 aliphatic carbocycles. The van der Waals surface area contributed by atoms with E-state index in [1.807, 2.05) is 49.4 Å². The zero-order valence-corrected chi connectivity index (χ0v) is 16.2. The molecule has 1 heterocycles. The van der Waals surface area contributed by atoms with Gasteiger partial charge in [0.05, 0.1) is 0 Å². The molecule has 0 spiro atoms. The first-order valence-corrected chi connectivity index (χ1v) is 9.26. The number of aromatic nitrogens is 4. The Bertz CT molecular complexity index is 916. The van der Waals surface area contributed by atoms with Gasteiger partial charge in [-0.15, -0.1) is 10.2 Å². The molecule has 6 heteroatoms. The fraction of sp³-hybridized carbons (Fsp3) is 0.333. The van der Waals surface area contributed by atoms with Crippen LogP contribution in [0.25, 0.3) is 11.4 Å². The van der Waals surface area contributed by atoms with Gasteiger partial charge in [0.25, 0.3) is 5.91 Å². The number of benzene rings is 2. The van der Waals surface area contributed by atoms with Crippen LogP contribution in [0.2, 0.25) is 0 Å². The Morgan fingerprint density at radius 3 is 2.52 bits per heavy atom. The first-order chi connectivity index (χ1) is 13.0. The van der Waals surface area contributed by atoms with Crippen LogP contribution in [0.3, 0.4) is 0 Å². The average Bonchev–Trinajstić information content (AvgIpc) is 3.17. The molecule has 0 radical (unpaired) electrons. The lowest BCUT2D eigenvalue weighted by atomic mass is 9.97. The van der Waals surface area contributed by atoms with Crippen LogP contribution in [-0.2, 0) is 4.79 Å². The third-order valence-corrected chi connectivity index (χ3v) is 4.83. The van der Waals surface area contributed by atoms with Gasteiger partial charge in [-0.3, -0.25) is 4.79 Å². The number of anilines is 1. The van der Waals surface area contributed by atoms with Crippen LogP contribution in [0.1, 0.15) is 50.3 Å². The number of aryl methyl sites for hydroxylation is 1. The van der Waals surface area contributed by atoms with Gasteiger partial charge in [-0.05, 0) is 43.0 Å². The van der Waals surface area contributed by atoms with Crippen LogP contribution >= 0.6 is 0 Å². The minimum atomic E-state index is -0.568. The van der Waals surface area contributed by atoms with E-state index in [0.29, 0.717) is 11.7 Å². The Labute approximate surface area is 159 Å². The van der Waals surface area contributed by atoms with Crippen LogP contribution in [0.5, 0.6) is 0 Å². The molecule has 0 fully saturated rings. The van der Waals surface area contributed by atoms with E-state index in [9.17, 15) is 4.79 Å². The lowest BCUT2D eigenvalue weighted by Gasteiger charge is -2.17. The highest BCUT2D eigenvalue weighted by Crippen LogP contribution is 2.27. The van der Waals surface area contributed by atoms with Crippen LogP contribution < -0.4 is 5.32 Å². The Hall–Kier alpha value is -3.02. The van der Waals surface area contributed by atoms with Gasteiger partial charge in [-0.1, -0.05) is 61.9 Å². The van der Waals surface area contributed by atoms with E-state index < -0.39 is 6.04 Å². The molecule has 140 valence electrons. The van der Waals surface area contributed by atoms with E-state index in [1.54, 1.807) is 6.92 Å². The van der Waals surface area contributed by atoms with Crippen molar-refractivity contribution in [2.75, 3.05) is 5.32 Å². The smallest absolute Gasteiger partial charge is 0.250 e. The summed E-state index contributed by atoms with van der Waals surface area (Å²) in [5, 5.41) is 15.5. The molecule has 0 unspecified atom stereocenters. The fourth-order valence-corrected chi connectivity index (χ4v) is 2.81. The van der Waals surface area contributed by atoms with Crippen LogP contribution in [0, 0.1) is 6.92 Å². The zero-order valence-electron chi connectivity index (χ0n) is 16.2. The topological polar surface area (TPSA) is 72.7 Å². The number of nitrogens with zero attached hydrogens (tertiary/aromatic N) is 4. The number of hydrogen-bond acceptors (Lipinski definition) is 4. The second kappa shape index (κ2) is 8.12. The Kier molecular flexibility index (Phi) is 5.64. The Morgan fingerprint density at radius 2 is 1.81 bits per heavy atom. The monoisotopic (exact) mass is 363 g/mol. The number of tetrazole rings is 1. The van der Waals surface area contributed by atoms with Crippen molar-refractivity contribution in [3.8, 4) is 11.4 Å². The van der Waals surface area contributed by atoms with Crippen LogP contribution in [-0.4, -0.2) is 26.1 Å². The highest BCUT2D eigenvalue weighted by atomic mass is 16.2. The summed E-state index contributed by atoms with van der Waals surface area (Å²) in [7, 11) is 0. The largest absolute Gasteiger partial charge is 0.324 e. The lowest BCUT2D eigenvalue weighted by Crippen LogP contribution is -2.26. The van der Waals surface area contributed by atoms with E-state index >= 15 is 0 Å². The number of rotatable bonds is 6. The van der Waals surface area contributed by atoms with Gasteiger partial charge in [0.15, 0.2) is 0 Å². The van der Waals surface area contributed by atoms with Crippen LogP contribution in [0.4, 0.5) is 5.69 Å². The summed E-state index contributed by atoms with van der Waals surface area (Å²) in [6.45, 7) is 8.08. The van der Waals surface area contributed by atoms with Crippen molar-refractivity contribution in [1.29, 1.82) is 0 Å². The molecule has 0 aliphatic rings. The summed E-state index contributed by atoms with van der Waals surface area (Å²) in [5.41, 5.74) is 4.01. The second-order valence-corrected chi connectivity index (χ2v) is 6.86. The number of carbonyl (C=O) groups excluding carboxylic acids is 1. The quantitative estimate of drug-likeness (QED) is 0.706. The fourth-order valence-electron chi connectivity index (χ4n) is 2.81. The first-order valence-electron chi connectivity index (χ1n) is 9.26. The summed E-state index contributed by atoms with van der Waals surface area (Å²) >= 11 is 0. The normalized spacial score (nSPS) is 13.2. The maximum atomic E-state index is 12.7. The van der Waals surface area contributed by atoms with Crippen molar-refractivity contribution >= 4 is 11.6 Å². The maximum Gasteiger partial charge on any atom is 0.250 e. The van der Waals surface area contributed by atoms with Gasteiger partial charge in [0.2, 0.25) is 5.82 Å². The van der Waals surface area contributed by atoms with E-state index in [1.165, 1.54) is 10.4 Å². The molecule has 0 bridgehead atoms. The molecule has 0 aliphatic heterocycles. The number of nitrogens with one attached hydrogen (secondary N) is 1. The molecule has 1 N–H and O–H groups in total. The van der Waals surface area contributed by atoms with Crippen molar-refractivity contribution in [1.82, 2.24) is 20.2 Å². The van der Waals surface area contributed by atoms with Crippen molar-refractivity contribution in [2.45, 2.75) is 46.1 Å². The zero-order chi connectivity index (χ0) is 19.4. The van der Waals surface area contributed by atoms with E-state index in [2.05, 4.69) is 40.6 Å². The molecule has 2 aromatic carbocycles. The van der Waals surface area contributed by atoms with Crippen molar-refractivity contribution in [3.05, 3.63) is 59.7 Å². The van der Waals surface area contributed by atoms with E-state index in [4.69, 9.17) is 0 Å². The van der Waals surface area contributed by atoms with Gasteiger partial charge in [-0.25, -0.2) is 0 Å². The summed E-state index contributed by atoms with van der Waals surface area (Å²) in [6.07, 6.45) is 1.01. The summed E-state index contributed by atoms with van der Waals surface area (Å²) in [4.78, 5) is 14.1. The molecule has 1 aromatic heterocycles. The lowest BCUT2D eigenvalue weighted by molar-refractivity contribution is -0.119. The Balaban J connectivity index is 1.76. The molecule has 3 aromatic rings. The molecule has 6 nitrogen and oxygen atoms in total. The minimum absolute atomic E-state index is 0.168. The summed E-state index contributed by atoms with van der Waals surface area (Å²) < 4.78 is 0. The number of para-hydroxylation sites is 1. The Morgan fingerprint density at radius 1 is 1.11 bits per heavy atom. The molecule has 27 heavy (non-hydrogen) atoms. The SMILES string of the molecule is CC[C@@H](C)c1ccccc1NC(=O)[C@H](C)n1nnc(-c2ccc(C)cc2)n1. The summed E-state index contributed by atoms with van der Waals surface area (Å²) in [6, 6.07) is 15.2. The van der Waals surface area contributed by atoms with E-state index in [-0.39, 0.29) is 5.91 Å². The highest BCUT2D eigenvalue weighted by molar-refractivity contribution is 5.94. The number of hydrogen-bond donors (Lipinski definition) is 1. The van der Waals surface area contributed by atoms with Crippen molar-refractivity contribution in [2.24, 2.45) is 0 Å². The highest BCUT2D eigenvalue weighted by Gasteiger charge is 2.20.